The quantitative estimate of drug-likeness (QED) is 0.160. The summed E-state index contributed by atoms with van der Waals surface area (Å²) >= 11 is 6.43. The highest BCUT2D eigenvalue weighted by molar-refractivity contribution is 9.11. The molecule has 0 saturated carbocycles. The van der Waals surface area contributed by atoms with Gasteiger partial charge in [-0.05, 0) is 99.4 Å². The van der Waals surface area contributed by atoms with E-state index in [1.165, 1.54) is 66.9 Å². The van der Waals surface area contributed by atoms with Gasteiger partial charge in [-0.3, -0.25) is 14.2 Å². The minimum atomic E-state index is -4.10. The summed E-state index contributed by atoms with van der Waals surface area (Å²) in [7, 11) is -8.04. The van der Waals surface area contributed by atoms with Crippen LogP contribution in [-0.4, -0.2) is 32.7 Å². The van der Waals surface area contributed by atoms with Crippen molar-refractivity contribution in [1.82, 2.24) is 4.98 Å². The van der Waals surface area contributed by atoms with E-state index in [4.69, 9.17) is 4.42 Å². The number of hydrogen-bond acceptors (Lipinski definition) is 8. The molecule has 0 saturated heterocycles. The van der Waals surface area contributed by atoms with E-state index in [1.54, 1.807) is 19.1 Å². The number of sulfonamides is 2. The molecule has 0 fully saturated rings. The number of aromatic nitrogens is 1. The Kier molecular flexibility index (Phi) is 7.68. The van der Waals surface area contributed by atoms with E-state index in [1.807, 2.05) is 0 Å². The first-order valence-electron chi connectivity index (χ1n) is 11.7. The molecule has 0 atom stereocenters. The number of ketones is 1. The maximum atomic E-state index is 13.3. The van der Waals surface area contributed by atoms with Crippen LogP contribution in [0.3, 0.4) is 0 Å². The molecule has 0 aliphatic carbocycles. The molecular formula is C27H19Br2N3O7S2. The van der Waals surface area contributed by atoms with Crippen LogP contribution in [0, 0.1) is 6.92 Å². The predicted molar refractivity (Wildman–Crippen MR) is 160 cm³/mol. The molecule has 0 unspecified atom stereocenters. The Morgan fingerprint density at radius 2 is 1.49 bits per heavy atom. The molecular weight excluding hydrogens is 702 g/mol. The van der Waals surface area contributed by atoms with Crippen molar-refractivity contribution >= 4 is 80.2 Å². The summed E-state index contributed by atoms with van der Waals surface area (Å²) in [5.41, 5.74) is 0.869. The van der Waals surface area contributed by atoms with E-state index in [0.717, 1.165) is 0 Å². The van der Waals surface area contributed by atoms with Crippen LogP contribution in [0.15, 0.2) is 102 Å². The van der Waals surface area contributed by atoms with Gasteiger partial charge in [0.15, 0.2) is 5.78 Å². The van der Waals surface area contributed by atoms with Gasteiger partial charge in [0.2, 0.25) is 0 Å². The van der Waals surface area contributed by atoms with E-state index >= 15 is 0 Å². The zero-order valence-corrected chi connectivity index (χ0v) is 25.7. The van der Waals surface area contributed by atoms with Crippen molar-refractivity contribution in [1.29, 1.82) is 0 Å². The molecule has 0 aliphatic heterocycles. The second-order valence-corrected chi connectivity index (χ2v) is 13.8. The van der Waals surface area contributed by atoms with Crippen molar-refractivity contribution in [3.63, 3.8) is 0 Å². The highest BCUT2D eigenvalue weighted by Crippen LogP contribution is 2.36. The average molecular weight is 721 g/mol. The lowest BCUT2D eigenvalue weighted by molar-refractivity contribution is 0.103. The second-order valence-electron chi connectivity index (χ2n) is 8.76. The molecule has 5 rings (SSSR count). The molecule has 14 heteroatoms. The Balaban J connectivity index is 1.39. The average Bonchev–Trinajstić information content (AvgIpc) is 3.26. The summed E-state index contributed by atoms with van der Waals surface area (Å²) in [6.07, 6.45) is 1.45. The van der Waals surface area contributed by atoms with E-state index < -0.39 is 20.0 Å². The number of carbonyl (C=O) groups is 1. The van der Waals surface area contributed by atoms with Gasteiger partial charge in [-0.15, -0.1) is 0 Å². The molecule has 5 aromatic rings. The number of nitrogens with zero attached hydrogens (tertiary/aromatic N) is 1. The first-order valence-corrected chi connectivity index (χ1v) is 16.2. The Labute approximate surface area is 251 Å². The largest absolute Gasteiger partial charge is 0.506 e. The summed E-state index contributed by atoms with van der Waals surface area (Å²) in [4.78, 5) is 17.0. The topological polar surface area (TPSA) is 156 Å². The Hall–Kier alpha value is -3.72. The molecule has 41 heavy (non-hydrogen) atoms. The molecule has 2 aromatic heterocycles. The number of rotatable bonds is 8. The van der Waals surface area contributed by atoms with Crippen LogP contribution in [0.25, 0.3) is 11.0 Å². The molecule has 10 nitrogen and oxygen atoms in total. The Morgan fingerprint density at radius 1 is 0.854 bits per heavy atom. The van der Waals surface area contributed by atoms with Crippen molar-refractivity contribution in [2.75, 3.05) is 9.44 Å². The number of phenols is 1. The minimum Gasteiger partial charge on any atom is -0.506 e. The molecule has 2 heterocycles. The molecule has 0 radical (unpaired) electrons. The maximum absolute atomic E-state index is 13.3. The molecule has 0 amide bonds. The smallest absolute Gasteiger partial charge is 0.263 e. The summed E-state index contributed by atoms with van der Waals surface area (Å²) in [5.74, 6) is 0.0254. The summed E-state index contributed by atoms with van der Waals surface area (Å²) in [6.45, 7) is 1.60. The van der Waals surface area contributed by atoms with E-state index in [0.29, 0.717) is 20.1 Å². The fraction of sp³-hybridized carbons (Fsp3) is 0.0370. The molecule has 0 spiro atoms. The highest BCUT2D eigenvalue weighted by atomic mass is 79.9. The number of benzene rings is 3. The number of aryl methyl sites for hydroxylation is 1. The zero-order valence-electron chi connectivity index (χ0n) is 20.9. The normalized spacial score (nSPS) is 11.9. The van der Waals surface area contributed by atoms with Gasteiger partial charge in [0.1, 0.15) is 22.9 Å². The first kappa shape index (κ1) is 28.8. The van der Waals surface area contributed by atoms with Gasteiger partial charge >= 0.3 is 0 Å². The van der Waals surface area contributed by atoms with Gasteiger partial charge < -0.3 is 9.52 Å². The fourth-order valence-electron chi connectivity index (χ4n) is 4.03. The van der Waals surface area contributed by atoms with Crippen LogP contribution < -0.4 is 9.44 Å². The molecule has 210 valence electrons. The van der Waals surface area contributed by atoms with Crippen LogP contribution in [-0.2, 0) is 20.0 Å². The van der Waals surface area contributed by atoms with Gasteiger partial charge in [-0.2, -0.15) is 0 Å². The number of pyridine rings is 1. The fourth-order valence-corrected chi connectivity index (χ4v) is 7.29. The van der Waals surface area contributed by atoms with Crippen molar-refractivity contribution in [2.24, 2.45) is 0 Å². The van der Waals surface area contributed by atoms with Crippen LogP contribution in [0.1, 0.15) is 21.7 Å². The molecule has 0 bridgehead atoms. The number of carbonyl (C=O) groups excluding carboxylic acids is 1. The SMILES string of the molecule is Cc1oc2cc(S(=O)(=O)Nc3ccc(S(=O)(=O)Nc4ccccn4)cc3)ccc2c1C(=O)c1cc(Br)c(O)c(Br)c1. The predicted octanol–water partition coefficient (Wildman–Crippen LogP) is 6.20. The van der Waals surface area contributed by atoms with Crippen molar-refractivity contribution in [3.05, 3.63) is 105 Å². The van der Waals surface area contributed by atoms with Crippen LogP contribution in [0.2, 0.25) is 0 Å². The lowest BCUT2D eigenvalue weighted by Crippen LogP contribution is -2.15. The van der Waals surface area contributed by atoms with Crippen molar-refractivity contribution < 1.29 is 31.2 Å². The third-order valence-corrected chi connectivity index (χ3v) is 9.93. The third-order valence-electron chi connectivity index (χ3n) is 5.97. The second kappa shape index (κ2) is 10.9. The number of aromatic hydroxyl groups is 1. The standard InChI is InChI=1S/C27H19Br2N3O7S2/c1-15-25(26(33)16-12-21(28)27(34)22(29)13-16)20-10-9-19(14-23(20)39-15)41(37,38)31-17-5-7-18(8-6-17)40(35,36)32-24-4-2-3-11-30-24/h2-14,31,34H,1H3,(H,30,32). The van der Waals surface area contributed by atoms with Gasteiger partial charge in [-0.1, -0.05) is 6.07 Å². The minimum absolute atomic E-state index is 0.0462. The summed E-state index contributed by atoms with van der Waals surface area (Å²) in [6, 6.07) is 17.1. The van der Waals surface area contributed by atoms with Crippen molar-refractivity contribution in [3.8, 4) is 5.75 Å². The number of nitrogens with one attached hydrogen (secondary N) is 2. The number of anilines is 2. The maximum Gasteiger partial charge on any atom is 0.263 e. The number of fused-ring (bicyclic) bond motifs is 1. The van der Waals surface area contributed by atoms with Crippen LogP contribution in [0.4, 0.5) is 11.5 Å². The Morgan fingerprint density at radius 3 is 2.12 bits per heavy atom. The van der Waals surface area contributed by atoms with Gasteiger partial charge in [0.25, 0.3) is 20.0 Å². The van der Waals surface area contributed by atoms with Crippen LogP contribution in [0.5, 0.6) is 5.75 Å². The number of halogens is 2. The van der Waals surface area contributed by atoms with Crippen molar-refractivity contribution in [2.45, 2.75) is 16.7 Å². The monoisotopic (exact) mass is 719 g/mol. The molecule has 0 aliphatic rings. The van der Waals surface area contributed by atoms with Gasteiger partial charge in [0, 0.05) is 28.9 Å². The summed E-state index contributed by atoms with van der Waals surface area (Å²) < 4.78 is 62.7. The van der Waals surface area contributed by atoms with E-state index in [-0.39, 0.29) is 49.5 Å². The van der Waals surface area contributed by atoms with Gasteiger partial charge in [-0.25, -0.2) is 21.8 Å². The molecule has 3 aromatic carbocycles. The zero-order chi connectivity index (χ0) is 29.5. The number of hydrogen-bond donors (Lipinski definition) is 3. The first-order chi connectivity index (χ1) is 19.4. The third kappa shape index (κ3) is 5.86. The van der Waals surface area contributed by atoms with Crippen LogP contribution >= 0.6 is 31.9 Å². The lowest BCUT2D eigenvalue weighted by atomic mass is 10.0. The van der Waals surface area contributed by atoms with Gasteiger partial charge in [0.05, 0.1) is 24.3 Å². The Bertz CT molecular complexity index is 2010. The van der Waals surface area contributed by atoms with E-state index in [2.05, 4.69) is 46.3 Å². The molecule has 3 N–H and O–H groups in total. The van der Waals surface area contributed by atoms with E-state index in [9.17, 15) is 26.7 Å². The highest BCUT2D eigenvalue weighted by Gasteiger charge is 2.24. The number of phenolic OH excluding ortho intramolecular Hbond substituents is 1. The summed E-state index contributed by atoms with van der Waals surface area (Å²) in [5, 5.41) is 10.4. The number of furan rings is 1. The lowest BCUT2D eigenvalue weighted by Gasteiger charge is -2.10.